The predicted octanol–water partition coefficient (Wildman–Crippen LogP) is 0.711. The van der Waals surface area contributed by atoms with Gasteiger partial charge in [-0.2, -0.15) is 0 Å². The Labute approximate surface area is 105 Å². The van der Waals surface area contributed by atoms with Crippen LogP contribution in [0.2, 0.25) is 0 Å². The van der Waals surface area contributed by atoms with Crippen molar-refractivity contribution < 1.29 is 9.59 Å². The Kier molecular flexibility index (Phi) is 2.54. The molecule has 1 aliphatic carbocycles. The maximum Gasteiger partial charge on any atom is 0.250 e. The molecule has 1 saturated carbocycles. The van der Waals surface area contributed by atoms with Gasteiger partial charge in [0.05, 0.1) is 11.9 Å². The molecule has 3 rings (SSSR count). The minimum atomic E-state index is -0.475. The predicted molar refractivity (Wildman–Crippen MR) is 65.8 cm³/mol. The smallest absolute Gasteiger partial charge is 0.250 e. The van der Waals surface area contributed by atoms with E-state index in [0.29, 0.717) is 11.6 Å². The molecular formula is C13H15N3O2. The molecule has 94 valence electrons. The molecule has 1 aromatic rings. The van der Waals surface area contributed by atoms with Gasteiger partial charge in [-0.3, -0.25) is 19.5 Å². The van der Waals surface area contributed by atoms with Crippen LogP contribution in [0.15, 0.2) is 24.5 Å². The highest BCUT2D eigenvalue weighted by atomic mass is 16.2. The summed E-state index contributed by atoms with van der Waals surface area (Å²) in [6.45, 7) is 1.74. The van der Waals surface area contributed by atoms with E-state index in [1.54, 1.807) is 30.3 Å². The third kappa shape index (κ3) is 1.75. The second kappa shape index (κ2) is 4.08. The van der Waals surface area contributed by atoms with Gasteiger partial charge in [-0.15, -0.1) is 0 Å². The van der Waals surface area contributed by atoms with Gasteiger partial charge in [0, 0.05) is 6.20 Å². The number of pyridine rings is 1. The summed E-state index contributed by atoms with van der Waals surface area (Å²) in [6.07, 6.45) is 5.32. The van der Waals surface area contributed by atoms with Gasteiger partial charge in [0.1, 0.15) is 12.1 Å². The summed E-state index contributed by atoms with van der Waals surface area (Å²) >= 11 is 0. The second-order valence-corrected chi connectivity index (χ2v) is 4.92. The number of aromatic nitrogens is 1. The number of anilines is 1. The number of nitrogens with zero attached hydrogens (tertiary/aromatic N) is 2. The number of carbonyl (C=O) groups excluding carboxylic acids is 2. The zero-order chi connectivity index (χ0) is 12.7. The lowest BCUT2D eigenvalue weighted by atomic mass is 10.0. The first kappa shape index (κ1) is 11.2. The van der Waals surface area contributed by atoms with Crippen LogP contribution in [-0.2, 0) is 9.59 Å². The molecule has 1 N–H and O–H groups in total. The number of hydrogen-bond donors (Lipinski definition) is 1. The molecule has 2 atom stereocenters. The first-order chi connectivity index (χ1) is 8.68. The molecule has 1 saturated heterocycles. The number of piperazine rings is 1. The molecule has 2 unspecified atom stereocenters. The summed E-state index contributed by atoms with van der Waals surface area (Å²) in [6, 6.07) is 2.75. The zero-order valence-electron chi connectivity index (χ0n) is 10.2. The van der Waals surface area contributed by atoms with Crippen LogP contribution in [-0.4, -0.2) is 28.9 Å². The molecule has 1 aliphatic heterocycles. The summed E-state index contributed by atoms with van der Waals surface area (Å²) in [5.74, 6) is 0.209. The molecule has 0 bridgehead atoms. The maximum absolute atomic E-state index is 12.4. The molecular weight excluding hydrogens is 230 g/mol. The highest BCUT2D eigenvalue weighted by Gasteiger charge is 2.45. The quantitative estimate of drug-likeness (QED) is 0.834. The van der Waals surface area contributed by atoms with Crippen LogP contribution in [0, 0.1) is 5.92 Å². The molecule has 2 amide bonds. The number of carbonyl (C=O) groups is 2. The molecule has 0 radical (unpaired) electrons. The molecule has 0 spiro atoms. The fraction of sp³-hybridized carbons (Fsp3) is 0.462. The first-order valence-corrected chi connectivity index (χ1v) is 6.22. The minimum absolute atomic E-state index is 0.0161. The lowest BCUT2D eigenvalue weighted by Crippen LogP contribution is -2.63. The van der Waals surface area contributed by atoms with Crippen LogP contribution in [0.4, 0.5) is 5.69 Å². The Morgan fingerprint density at radius 3 is 2.78 bits per heavy atom. The van der Waals surface area contributed by atoms with Crippen molar-refractivity contribution in [1.82, 2.24) is 10.3 Å². The SMILES string of the molecule is CC1C(=O)NC(C2CC2)C(=O)N1c1cccnc1. The minimum Gasteiger partial charge on any atom is -0.342 e. The Balaban J connectivity index is 1.94. The van der Waals surface area contributed by atoms with Gasteiger partial charge in [-0.1, -0.05) is 0 Å². The summed E-state index contributed by atoms with van der Waals surface area (Å²) in [5, 5.41) is 2.83. The van der Waals surface area contributed by atoms with Gasteiger partial charge >= 0.3 is 0 Å². The van der Waals surface area contributed by atoms with Crippen molar-refractivity contribution >= 4 is 17.5 Å². The van der Waals surface area contributed by atoms with Gasteiger partial charge < -0.3 is 5.32 Å². The Morgan fingerprint density at radius 1 is 1.39 bits per heavy atom. The molecule has 1 aromatic heterocycles. The normalized spacial score (nSPS) is 28.2. The van der Waals surface area contributed by atoms with Crippen molar-refractivity contribution in [2.75, 3.05) is 4.90 Å². The van der Waals surface area contributed by atoms with Crippen molar-refractivity contribution in [2.45, 2.75) is 31.8 Å². The molecule has 2 fully saturated rings. The van der Waals surface area contributed by atoms with Crippen LogP contribution in [0.5, 0.6) is 0 Å². The fourth-order valence-electron chi connectivity index (χ4n) is 2.39. The van der Waals surface area contributed by atoms with Gasteiger partial charge in [0.2, 0.25) is 5.91 Å². The van der Waals surface area contributed by atoms with Crippen LogP contribution in [0.3, 0.4) is 0 Å². The Bertz CT molecular complexity index is 484. The third-order valence-electron chi connectivity index (χ3n) is 3.59. The highest BCUT2D eigenvalue weighted by molar-refractivity contribution is 6.08. The van der Waals surface area contributed by atoms with Gasteiger partial charge in [-0.25, -0.2) is 0 Å². The Morgan fingerprint density at radius 2 is 2.17 bits per heavy atom. The first-order valence-electron chi connectivity index (χ1n) is 6.22. The number of nitrogens with one attached hydrogen (secondary N) is 1. The van der Waals surface area contributed by atoms with Crippen molar-refractivity contribution in [3.63, 3.8) is 0 Å². The monoisotopic (exact) mass is 245 g/mol. The molecule has 5 heteroatoms. The van der Waals surface area contributed by atoms with Crippen molar-refractivity contribution in [1.29, 1.82) is 0 Å². The van der Waals surface area contributed by atoms with Crippen molar-refractivity contribution in [3.05, 3.63) is 24.5 Å². The molecule has 18 heavy (non-hydrogen) atoms. The van der Waals surface area contributed by atoms with E-state index in [4.69, 9.17) is 0 Å². The Hall–Kier alpha value is -1.91. The van der Waals surface area contributed by atoms with E-state index in [1.807, 2.05) is 6.07 Å². The van der Waals surface area contributed by atoms with E-state index in [2.05, 4.69) is 10.3 Å². The summed E-state index contributed by atoms with van der Waals surface area (Å²) in [5.41, 5.74) is 0.690. The van der Waals surface area contributed by atoms with E-state index < -0.39 is 6.04 Å². The molecule has 0 aromatic carbocycles. The van der Waals surface area contributed by atoms with Gasteiger partial charge in [0.15, 0.2) is 0 Å². The molecule has 5 nitrogen and oxygen atoms in total. The summed E-state index contributed by atoms with van der Waals surface area (Å²) in [4.78, 5) is 30.0. The summed E-state index contributed by atoms with van der Waals surface area (Å²) < 4.78 is 0. The van der Waals surface area contributed by atoms with E-state index in [-0.39, 0.29) is 17.9 Å². The van der Waals surface area contributed by atoms with E-state index in [1.165, 1.54) is 0 Å². The van der Waals surface area contributed by atoms with Gasteiger partial charge in [0.25, 0.3) is 5.91 Å². The number of hydrogen-bond acceptors (Lipinski definition) is 3. The maximum atomic E-state index is 12.4. The van der Waals surface area contributed by atoms with Crippen LogP contribution < -0.4 is 10.2 Å². The molecule has 2 heterocycles. The van der Waals surface area contributed by atoms with E-state index in [9.17, 15) is 9.59 Å². The average molecular weight is 245 g/mol. The van der Waals surface area contributed by atoms with Gasteiger partial charge in [-0.05, 0) is 37.8 Å². The lowest BCUT2D eigenvalue weighted by Gasteiger charge is -2.37. The number of rotatable bonds is 2. The average Bonchev–Trinajstić information content (AvgIpc) is 3.20. The standard InChI is InChI=1S/C13H15N3O2/c1-8-12(17)15-11(9-4-5-9)13(18)16(8)10-3-2-6-14-7-10/h2-3,6-9,11H,4-5H2,1H3,(H,15,17). The van der Waals surface area contributed by atoms with Crippen LogP contribution in [0.25, 0.3) is 0 Å². The van der Waals surface area contributed by atoms with Crippen molar-refractivity contribution in [2.24, 2.45) is 5.92 Å². The van der Waals surface area contributed by atoms with Crippen LogP contribution in [0.1, 0.15) is 19.8 Å². The largest absolute Gasteiger partial charge is 0.342 e. The fourth-order valence-corrected chi connectivity index (χ4v) is 2.39. The lowest BCUT2D eigenvalue weighted by molar-refractivity contribution is -0.134. The number of amides is 2. The van der Waals surface area contributed by atoms with E-state index >= 15 is 0 Å². The summed E-state index contributed by atoms with van der Waals surface area (Å²) in [7, 11) is 0. The molecule has 2 aliphatic rings. The van der Waals surface area contributed by atoms with Crippen LogP contribution >= 0.6 is 0 Å². The zero-order valence-corrected chi connectivity index (χ0v) is 10.2. The van der Waals surface area contributed by atoms with Crippen molar-refractivity contribution in [3.8, 4) is 0 Å². The van der Waals surface area contributed by atoms with E-state index in [0.717, 1.165) is 12.8 Å². The topological polar surface area (TPSA) is 62.3 Å². The third-order valence-corrected chi connectivity index (χ3v) is 3.59. The second-order valence-electron chi connectivity index (χ2n) is 4.92. The highest BCUT2D eigenvalue weighted by Crippen LogP contribution is 2.35.